The quantitative estimate of drug-likeness (QED) is 0.170. The molecule has 1 aliphatic carbocycles. The smallest absolute Gasteiger partial charge is 0.406 e. The standard InChI is InChI=1S/C29H34F3N7O3S/c30-29(31,32)42-23-10-12-24(13-11-23)43(40,41)36-19-22-8-6-21(7-9-22)18-35-28-37-26-5-2-1-4-25(26)27(38-28)34-14-3-16-39-17-15-33-20-39/h1-2,4-5,10-13,15,17,20-22,36H,3,6-9,14,16,18-19H2,(H2,34,35,37,38)/t21-,22-. The first-order valence-corrected chi connectivity index (χ1v) is 15.7. The first kappa shape index (κ1) is 30.5. The average molecular weight is 618 g/mol. The number of nitrogens with one attached hydrogen (secondary N) is 3. The maximum atomic E-state index is 12.6. The van der Waals surface area contributed by atoms with Crippen molar-refractivity contribution in [1.82, 2.24) is 24.2 Å². The number of alkyl halides is 3. The summed E-state index contributed by atoms with van der Waals surface area (Å²) in [4.78, 5) is 13.4. The zero-order valence-electron chi connectivity index (χ0n) is 23.4. The summed E-state index contributed by atoms with van der Waals surface area (Å²) in [6.07, 6.45) is 5.16. The zero-order valence-corrected chi connectivity index (χ0v) is 24.2. The van der Waals surface area contributed by atoms with Gasteiger partial charge in [-0.3, -0.25) is 0 Å². The molecular formula is C29H34F3N7O3S. The average Bonchev–Trinajstić information content (AvgIpc) is 3.51. The molecule has 0 bridgehead atoms. The number of nitrogens with zero attached hydrogens (tertiary/aromatic N) is 4. The van der Waals surface area contributed by atoms with Crippen LogP contribution in [0.2, 0.25) is 0 Å². The summed E-state index contributed by atoms with van der Waals surface area (Å²) < 4.78 is 70.8. The number of rotatable bonds is 13. The van der Waals surface area contributed by atoms with Gasteiger partial charge in [0.15, 0.2) is 0 Å². The topological polar surface area (TPSA) is 123 Å². The highest BCUT2D eigenvalue weighted by molar-refractivity contribution is 7.89. The summed E-state index contributed by atoms with van der Waals surface area (Å²) in [5.74, 6) is 1.46. The fraction of sp³-hybridized carbons (Fsp3) is 0.414. The fourth-order valence-electron chi connectivity index (χ4n) is 5.18. The van der Waals surface area contributed by atoms with E-state index in [0.717, 1.165) is 86.2 Å². The number of benzene rings is 2. The summed E-state index contributed by atoms with van der Waals surface area (Å²) in [6.45, 7) is 2.60. The van der Waals surface area contributed by atoms with E-state index in [4.69, 9.17) is 9.97 Å². The molecule has 0 atom stereocenters. The van der Waals surface area contributed by atoms with Crippen LogP contribution in [0.3, 0.4) is 0 Å². The highest BCUT2D eigenvalue weighted by Crippen LogP contribution is 2.30. The number of aryl methyl sites for hydroxylation is 1. The lowest BCUT2D eigenvalue weighted by Gasteiger charge is -2.28. The highest BCUT2D eigenvalue weighted by atomic mass is 32.2. The summed E-state index contributed by atoms with van der Waals surface area (Å²) in [5, 5.41) is 7.82. The minimum atomic E-state index is -4.84. The van der Waals surface area contributed by atoms with Gasteiger partial charge in [-0.05, 0) is 80.3 Å². The van der Waals surface area contributed by atoms with Gasteiger partial charge < -0.3 is 19.9 Å². The Bertz CT molecular complexity index is 1580. The molecule has 43 heavy (non-hydrogen) atoms. The first-order valence-electron chi connectivity index (χ1n) is 14.2. The third-order valence-electron chi connectivity index (χ3n) is 7.49. The van der Waals surface area contributed by atoms with E-state index < -0.39 is 22.1 Å². The van der Waals surface area contributed by atoms with Crippen LogP contribution in [0.5, 0.6) is 5.75 Å². The van der Waals surface area contributed by atoms with Crippen LogP contribution >= 0.6 is 0 Å². The molecule has 0 saturated heterocycles. The number of ether oxygens (including phenoxy) is 1. The predicted molar refractivity (Wildman–Crippen MR) is 157 cm³/mol. The number of halogens is 3. The van der Waals surface area contributed by atoms with E-state index in [-0.39, 0.29) is 17.4 Å². The highest BCUT2D eigenvalue weighted by Gasteiger charge is 2.31. The second-order valence-corrected chi connectivity index (χ2v) is 12.4. The van der Waals surface area contributed by atoms with E-state index in [1.807, 2.05) is 35.0 Å². The third kappa shape index (κ3) is 8.80. The van der Waals surface area contributed by atoms with E-state index in [1.54, 1.807) is 12.5 Å². The van der Waals surface area contributed by atoms with Gasteiger partial charge in [-0.2, -0.15) is 4.98 Å². The zero-order chi connectivity index (χ0) is 30.3. The van der Waals surface area contributed by atoms with Crippen LogP contribution in [0.15, 0.2) is 72.1 Å². The molecule has 1 fully saturated rings. The van der Waals surface area contributed by atoms with Gasteiger partial charge in [0.2, 0.25) is 16.0 Å². The molecule has 2 heterocycles. The van der Waals surface area contributed by atoms with Crippen molar-refractivity contribution in [2.24, 2.45) is 11.8 Å². The van der Waals surface area contributed by atoms with E-state index in [0.29, 0.717) is 18.4 Å². The van der Waals surface area contributed by atoms with Crippen LogP contribution in [-0.2, 0) is 16.6 Å². The second kappa shape index (κ2) is 13.6. The molecule has 2 aromatic carbocycles. The van der Waals surface area contributed by atoms with Gasteiger partial charge in [0.1, 0.15) is 11.6 Å². The van der Waals surface area contributed by atoms with Crippen molar-refractivity contribution in [1.29, 1.82) is 0 Å². The van der Waals surface area contributed by atoms with Crippen molar-refractivity contribution < 1.29 is 26.3 Å². The minimum absolute atomic E-state index is 0.109. The second-order valence-electron chi connectivity index (χ2n) is 10.6. The Balaban J connectivity index is 1.08. The Hall–Kier alpha value is -3.91. The number of aromatic nitrogens is 4. The Morgan fingerprint density at radius 1 is 0.930 bits per heavy atom. The first-order chi connectivity index (χ1) is 20.6. The molecule has 0 amide bonds. The lowest BCUT2D eigenvalue weighted by molar-refractivity contribution is -0.274. The lowest BCUT2D eigenvalue weighted by atomic mass is 9.82. The Morgan fingerprint density at radius 2 is 1.65 bits per heavy atom. The molecule has 14 heteroatoms. The van der Waals surface area contributed by atoms with Crippen molar-refractivity contribution in [2.45, 2.75) is 49.9 Å². The van der Waals surface area contributed by atoms with Gasteiger partial charge in [0.25, 0.3) is 0 Å². The van der Waals surface area contributed by atoms with Gasteiger partial charge in [-0.25, -0.2) is 23.1 Å². The van der Waals surface area contributed by atoms with E-state index in [9.17, 15) is 21.6 Å². The van der Waals surface area contributed by atoms with E-state index >= 15 is 0 Å². The SMILES string of the molecule is O=S(=O)(NC[C@H]1CC[C@H](CNc2nc(NCCCn3ccnc3)c3ccccc3n2)CC1)c1ccc(OC(F)(F)F)cc1. The number of sulfonamides is 1. The maximum absolute atomic E-state index is 12.6. The molecule has 2 aromatic heterocycles. The molecule has 3 N–H and O–H groups in total. The summed E-state index contributed by atoms with van der Waals surface area (Å²) in [6, 6.07) is 12.1. The van der Waals surface area contributed by atoms with Crippen molar-refractivity contribution in [2.75, 3.05) is 30.3 Å². The molecule has 0 radical (unpaired) electrons. The molecule has 1 saturated carbocycles. The summed E-state index contributed by atoms with van der Waals surface area (Å²) >= 11 is 0. The van der Waals surface area contributed by atoms with Crippen LogP contribution in [0.4, 0.5) is 24.9 Å². The molecule has 5 rings (SSSR count). The lowest BCUT2D eigenvalue weighted by Crippen LogP contribution is -2.32. The van der Waals surface area contributed by atoms with Crippen LogP contribution in [0.1, 0.15) is 32.1 Å². The molecule has 4 aromatic rings. The summed E-state index contributed by atoms with van der Waals surface area (Å²) in [7, 11) is -3.85. The van der Waals surface area contributed by atoms with Crippen LogP contribution in [0, 0.1) is 11.8 Å². The monoisotopic (exact) mass is 617 g/mol. The maximum Gasteiger partial charge on any atom is 0.573 e. The molecular weight excluding hydrogens is 583 g/mol. The van der Waals surface area contributed by atoms with Crippen LogP contribution in [0.25, 0.3) is 10.9 Å². The Kier molecular flexibility index (Phi) is 9.65. The Morgan fingerprint density at radius 3 is 2.35 bits per heavy atom. The molecule has 10 nitrogen and oxygen atoms in total. The molecule has 230 valence electrons. The van der Waals surface area contributed by atoms with Crippen molar-refractivity contribution in [3.05, 3.63) is 67.3 Å². The molecule has 0 spiro atoms. The van der Waals surface area contributed by atoms with Gasteiger partial charge in [0.05, 0.1) is 16.7 Å². The van der Waals surface area contributed by atoms with Gasteiger partial charge in [0, 0.05) is 44.0 Å². The largest absolute Gasteiger partial charge is 0.573 e. The van der Waals surface area contributed by atoms with E-state index in [2.05, 4.69) is 25.1 Å². The number of para-hydroxylation sites is 1. The number of imidazole rings is 1. The van der Waals surface area contributed by atoms with Gasteiger partial charge in [-0.1, -0.05) is 12.1 Å². The fourth-order valence-corrected chi connectivity index (χ4v) is 6.30. The molecule has 0 unspecified atom stereocenters. The minimum Gasteiger partial charge on any atom is -0.406 e. The number of anilines is 2. The van der Waals surface area contributed by atoms with Crippen molar-refractivity contribution in [3.63, 3.8) is 0 Å². The molecule has 1 aliphatic rings. The van der Waals surface area contributed by atoms with Crippen molar-refractivity contribution in [3.8, 4) is 5.75 Å². The number of hydrogen-bond donors (Lipinski definition) is 3. The Labute approximate surface area is 248 Å². The third-order valence-corrected chi connectivity index (χ3v) is 8.93. The summed E-state index contributed by atoms with van der Waals surface area (Å²) in [5.41, 5.74) is 0.857. The molecule has 0 aliphatic heterocycles. The van der Waals surface area contributed by atoms with Gasteiger partial charge >= 0.3 is 6.36 Å². The van der Waals surface area contributed by atoms with Crippen molar-refractivity contribution >= 4 is 32.7 Å². The predicted octanol–water partition coefficient (Wildman–Crippen LogP) is 5.42. The normalized spacial score (nSPS) is 17.6. The van der Waals surface area contributed by atoms with Gasteiger partial charge in [-0.15, -0.1) is 13.2 Å². The van der Waals surface area contributed by atoms with Crippen LogP contribution < -0.4 is 20.1 Å². The number of fused-ring (bicyclic) bond motifs is 1. The number of hydrogen-bond acceptors (Lipinski definition) is 8. The van der Waals surface area contributed by atoms with E-state index in [1.165, 1.54) is 0 Å². The van der Waals surface area contributed by atoms with Crippen LogP contribution in [-0.4, -0.2) is 53.9 Å².